The van der Waals surface area contributed by atoms with Crippen LogP contribution in [0.25, 0.3) is 11.0 Å². The lowest BCUT2D eigenvalue weighted by atomic mass is 9.80. The van der Waals surface area contributed by atoms with Crippen LogP contribution in [0.2, 0.25) is 0 Å². The molecule has 18 heteroatoms. The molecule has 3 aromatic carbocycles. The third-order valence-corrected chi connectivity index (χ3v) is 12.7. The Morgan fingerprint density at radius 1 is 0.687 bits per heavy atom. The van der Waals surface area contributed by atoms with Crippen molar-refractivity contribution in [3.8, 4) is 0 Å². The lowest BCUT2D eigenvalue weighted by molar-refractivity contribution is -0.182. The Morgan fingerprint density at radius 3 is 1.61 bits per heavy atom. The molecular weight excluding hydrogens is 861 g/mol. The van der Waals surface area contributed by atoms with Gasteiger partial charge in [0.15, 0.2) is 11.6 Å². The summed E-state index contributed by atoms with van der Waals surface area (Å²) in [6.07, 6.45) is -0.263. The highest BCUT2D eigenvalue weighted by Gasteiger charge is 2.65. The van der Waals surface area contributed by atoms with Gasteiger partial charge < -0.3 is 55.6 Å². The number of aliphatic carboxylic acids is 1. The number of hydrogen-bond donors (Lipinski definition) is 6. The molecule has 0 aliphatic carbocycles. The van der Waals surface area contributed by atoms with E-state index >= 15 is 0 Å². The number of carboxylic acid groups (broad SMARTS) is 1. The fourth-order valence-corrected chi connectivity index (χ4v) is 8.68. The van der Waals surface area contributed by atoms with E-state index in [9.17, 15) is 15.3 Å². The number of ether oxygens (including phenoxy) is 5. The molecule has 0 unspecified atom stereocenters. The molecule has 2 fully saturated rings. The SMILES string of the molecule is CC(=O)O.C[C@@]1(c2ccc3c(N)ncnn23)O[C@H](CO)[C@@H](O)[C@@]1(C)O.C[C@@]1(c2ccc3c(N)ncnn23)O[C@H](COCc2ccccc2)[C@@H](OCc2ccccc2)[C@@]1(C)OCc1ccccc1. The predicted octanol–water partition coefficient (Wildman–Crippen LogP) is 4.82. The number of aliphatic hydroxyl groups is 3. The molecule has 4 aromatic heterocycles. The quantitative estimate of drug-likeness (QED) is 0.0906. The molecule has 354 valence electrons. The van der Waals surface area contributed by atoms with Crippen molar-refractivity contribution in [2.24, 2.45) is 0 Å². The molecule has 67 heavy (non-hydrogen) atoms. The molecule has 8 atom stereocenters. The molecule has 0 saturated carbocycles. The number of anilines is 2. The van der Waals surface area contributed by atoms with Crippen LogP contribution >= 0.6 is 0 Å². The first-order chi connectivity index (χ1) is 32.0. The zero-order valence-electron chi connectivity index (χ0n) is 38.0. The highest BCUT2D eigenvalue weighted by atomic mass is 16.6. The summed E-state index contributed by atoms with van der Waals surface area (Å²) >= 11 is 0. The van der Waals surface area contributed by atoms with Gasteiger partial charge in [0, 0.05) is 6.92 Å². The minimum absolute atomic E-state index is 0.303. The van der Waals surface area contributed by atoms with Crippen molar-refractivity contribution < 1.29 is 48.9 Å². The maximum atomic E-state index is 10.7. The highest BCUT2D eigenvalue weighted by molar-refractivity contribution is 5.66. The van der Waals surface area contributed by atoms with Gasteiger partial charge in [0.05, 0.1) is 44.4 Å². The lowest BCUT2D eigenvalue weighted by Gasteiger charge is -2.41. The Labute approximate surface area is 387 Å². The summed E-state index contributed by atoms with van der Waals surface area (Å²) in [5.74, 6) is -0.138. The van der Waals surface area contributed by atoms with Crippen molar-refractivity contribution in [1.82, 2.24) is 29.2 Å². The smallest absolute Gasteiger partial charge is 0.300 e. The Bertz CT molecular complexity index is 2720. The minimum atomic E-state index is -1.60. The Kier molecular flexibility index (Phi) is 14.7. The van der Waals surface area contributed by atoms with Crippen LogP contribution in [-0.2, 0) is 59.5 Å². The first kappa shape index (κ1) is 48.6. The monoisotopic (exact) mass is 918 g/mol. The number of fused-ring (bicyclic) bond motifs is 2. The van der Waals surface area contributed by atoms with E-state index in [1.54, 1.807) is 23.6 Å². The van der Waals surface area contributed by atoms with E-state index in [-0.39, 0.29) is 0 Å². The van der Waals surface area contributed by atoms with Crippen LogP contribution in [0, 0.1) is 0 Å². The van der Waals surface area contributed by atoms with Crippen LogP contribution in [0.3, 0.4) is 0 Å². The van der Waals surface area contributed by atoms with E-state index in [4.69, 9.17) is 45.1 Å². The number of carbonyl (C=O) groups is 1. The van der Waals surface area contributed by atoms with Crippen LogP contribution in [0.5, 0.6) is 0 Å². The van der Waals surface area contributed by atoms with Crippen LogP contribution in [0.1, 0.15) is 62.7 Å². The van der Waals surface area contributed by atoms with E-state index in [1.807, 2.05) is 85.8 Å². The second-order valence-electron chi connectivity index (χ2n) is 17.1. The third kappa shape index (κ3) is 9.74. The Balaban J connectivity index is 0.000000222. The number of benzene rings is 3. The van der Waals surface area contributed by atoms with Crippen LogP contribution in [0.4, 0.5) is 11.6 Å². The van der Waals surface area contributed by atoms with Crippen molar-refractivity contribution >= 4 is 28.6 Å². The number of aliphatic hydroxyl groups excluding tert-OH is 2. The van der Waals surface area contributed by atoms with Crippen LogP contribution in [-0.4, -0.2) is 104 Å². The highest BCUT2D eigenvalue weighted by Crippen LogP contribution is 2.52. The summed E-state index contributed by atoms with van der Waals surface area (Å²) in [6, 6.07) is 37.7. The number of hydrogen-bond acceptors (Lipinski definition) is 15. The molecule has 8 N–H and O–H groups in total. The molecule has 2 aliphatic rings. The fourth-order valence-electron chi connectivity index (χ4n) is 8.68. The number of nitrogen functional groups attached to an aromatic ring is 2. The molecule has 7 aromatic rings. The van der Waals surface area contributed by atoms with Gasteiger partial charge >= 0.3 is 0 Å². The number of nitrogens with zero attached hydrogens (tertiary/aromatic N) is 6. The summed E-state index contributed by atoms with van der Waals surface area (Å²) in [7, 11) is 0. The molecular formula is C49H58N8O10. The third-order valence-electron chi connectivity index (χ3n) is 12.7. The van der Waals surface area contributed by atoms with Gasteiger partial charge in [-0.05, 0) is 68.7 Å². The standard InChI is InChI=1S/C34H36N4O4.C13H18N4O4.C2H4O2/c1-33(30-19-18-28-32(35)36-24-37-38(28)30)34(2,41-22-27-16-10-5-11-17-27)31(40-21-26-14-8-4-9-15-26)29(42-33)23-39-20-25-12-6-3-7-13-25;1-12(20)10(19)8(5-18)21-13(12,2)9-4-3-7-11(14)15-6-16-17(7)9;1-2(3)4/h3-19,24,29,31H,20-23H2,1-2H3,(H2,35,36,37);3-4,6,8,10,18-20H,5H2,1-2H3,(H2,14,15,16);1H3,(H,3,4)/t29-,31-,33+,34-;8-,10-,12-,13+;/m11./s1. The summed E-state index contributed by atoms with van der Waals surface area (Å²) < 4.78 is 35.9. The van der Waals surface area contributed by atoms with Crippen LogP contribution in [0.15, 0.2) is 128 Å². The van der Waals surface area contributed by atoms with E-state index < -0.39 is 59.4 Å². The molecule has 9 rings (SSSR count). The molecule has 0 spiro atoms. The predicted molar refractivity (Wildman–Crippen MR) is 247 cm³/mol. The van der Waals surface area contributed by atoms with Crippen molar-refractivity contribution in [2.45, 2.75) is 101 Å². The largest absolute Gasteiger partial charge is 0.481 e. The zero-order chi connectivity index (χ0) is 48.0. The number of nitrogens with two attached hydrogens (primary N) is 2. The summed E-state index contributed by atoms with van der Waals surface area (Å²) in [6.45, 7) is 9.45. The first-order valence-corrected chi connectivity index (χ1v) is 21.7. The second kappa shape index (κ2) is 20.3. The first-order valence-electron chi connectivity index (χ1n) is 21.7. The van der Waals surface area contributed by atoms with Gasteiger partial charge in [0.1, 0.15) is 70.5 Å². The number of aromatic nitrogens is 6. The van der Waals surface area contributed by atoms with Crippen LogP contribution < -0.4 is 11.5 Å². The van der Waals surface area contributed by atoms with Gasteiger partial charge in [-0.25, -0.2) is 19.0 Å². The molecule has 18 nitrogen and oxygen atoms in total. The summed E-state index contributed by atoms with van der Waals surface area (Å²) in [5, 5.41) is 46.3. The molecule has 2 aliphatic heterocycles. The van der Waals surface area contributed by atoms with Gasteiger partial charge in [-0.3, -0.25) is 4.79 Å². The molecule has 6 heterocycles. The van der Waals surface area contributed by atoms with Gasteiger partial charge in [0.25, 0.3) is 5.97 Å². The maximum absolute atomic E-state index is 10.7. The van der Waals surface area contributed by atoms with Gasteiger partial charge in [0.2, 0.25) is 0 Å². The van der Waals surface area contributed by atoms with Gasteiger partial charge in [-0.15, -0.1) is 0 Å². The van der Waals surface area contributed by atoms with E-state index in [1.165, 1.54) is 24.1 Å². The average molecular weight is 919 g/mol. The lowest BCUT2D eigenvalue weighted by Crippen LogP contribution is -2.54. The molecule has 0 bridgehead atoms. The number of carboxylic acids is 1. The van der Waals surface area contributed by atoms with Gasteiger partial charge in [-0.2, -0.15) is 10.2 Å². The Morgan fingerprint density at radius 2 is 1.13 bits per heavy atom. The van der Waals surface area contributed by atoms with Crippen molar-refractivity contribution in [3.63, 3.8) is 0 Å². The number of rotatable bonds is 13. The van der Waals surface area contributed by atoms with E-state index in [0.717, 1.165) is 29.3 Å². The normalized spacial score (nSPS) is 26.7. The second-order valence-corrected chi connectivity index (χ2v) is 17.1. The zero-order valence-corrected chi connectivity index (χ0v) is 38.0. The van der Waals surface area contributed by atoms with Gasteiger partial charge in [-0.1, -0.05) is 91.0 Å². The van der Waals surface area contributed by atoms with E-state index in [2.05, 4.69) is 51.4 Å². The van der Waals surface area contributed by atoms with Crippen molar-refractivity contribution in [2.75, 3.05) is 24.7 Å². The topological polar surface area (TPSA) is 257 Å². The molecule has 0 radical (unpaired) electrons. The summed E-state index contributed by atoms with van der Waals surface area (Å²) in [5.41, 5.74) is 13.0. The summed E-state index contributed by atoms with van der Waals surface area (Å²) in [4.78, 5) is 17.1. The fraction of sp³-hybridized carbons (Fsp3) is 0.367. The minimum Gasteiger partial charge on any atom is -0.481 e. The van der Waals surface area contributed by atoms with Crippen molar-refractivity contribution in [1.29, 1.82) is 0 Å². The van der Waals surface area contributed by atoms with E-state index in [0.29, 0.717) is 54.8 Å². The maximum Gasteiger partial charge on any atom is 0.300 e. The Hall–Kier alpha value is -6.35. The van der Waals surface area contributed by atoms with Crippen molar-refractivity contribution in [3.05, 3.63) is 156 Å². The molecule has 2 saturated heterocycles. The molecule has 0 amide bonds. The average Bonchev–Trinajstić information content (AvgIpc) is 4.06.